The lowest BCUT2D eigenvalue weighted by Crippen LogP contribution is -2.21. The number of ether oxygens (including phenoxy) is 1. The molecule has 0 amide bonds. The predicted molar refractivity (Wildman–Crippen MR) is 39.4 cm³/mol. The minimum Gasteiger partial charge on any atom is -0.468 e. The molecule has 1 N–H and O–H groups in total. The van der Waals surface area contributed by atoms with Gasteiger partial charge in [-0.25, -0.2) is 0 Å². The SMILES string of the molecule is C/C=C(\C)NCC(=O)OC. The third-order valence-corrected chi connectivity index (χ3v) is 1.17. The molecule has 0 radical (unpaired) electrons. The van der Waals surface area contributed by atoms with Crippen LogP contribution < -0.4 is 5.32 Å². The van der Waals surface area contributed by atoms with Gasteiger partial charge in [-0.1, -0.05) is 6.08 Å². The Kier molecular flexibility index (Phi) is 4.37. The standard InChI is InChI=1S/C7H13NO2/c1-4-6(2)8-5-7(9)10-3/h4,8H,5H2,1-3H3/b6-4+. The lowest BCUT2D eigenvalue weighted by molar-refractivity contribution is -0.139. The van der Waals surface area contributed by atoms with E-state index in [1.165, 1.54) is 7.11 Å². The summed E-state index contributed by atoms with van der Waals surface area (Å²) in [5.74, 6) is -0.249. The lowest BCUT2D eigenvalue weighted by Gasteiger charge is -2.02. The van der Waals surface area contributed by atoms with E-state index in [1.54, 1.807) is 0 Å². The molecule has 0 saturated heterocycles. The summed E-state index contributed by atoms with van der Waals surface area (Å²) < 4.78 is 4.42. The van der Waals surface area contributed by atoms with E-state index in [2.05, 4.69) is 10.1 Å². The highest BCUT2D eigenvalue weighted by Gasteiger charge is 1.96. The monoisotopic (exact) mass is 143 g/mol. The zero-order valence-electron chi connectivity index (χ0n) is 6.60. The van der Waals surface area contributed by atoms with Gasteiger partial charge in [-0.2, -0.15) is 0 Å². The minimum atomic E-state index is -0.249. The molecule has 0 heterocycles. The number of esters is 1. The first-order valence-corrected chi connectivity index (χ1v) is 3.14. The Hall–Kier alpha value is -0.990. The average Bonchev–Trinajstić information content (AvgIpc) is 1.99. The van der Waals surface area contributed by atoms with E-state index >= 15 is 0 Å². The predicted octanol–water partition coefficient (Wildman–Crippen LogP) is 0.673. The molecule has 0 aromatic heterocycles. The summed E-state index contributed by atoms with van der Waals surface area (Å²) in [5, 5.41) is 2.87. The fourth-order valence-corrected chi connectivity index (χ4v) is 0.386. The van der Waals surface area contributed by atoms with Gasteiger partial charge in [0.2, 0.25) is 0 Å². The Morgan fingerprint density at radius 3 is 2.70 bits per heavy atom. The Morgan fingerprint density at radius 1 is 1.70 bits per heavy atom. The molecule has 0 aliphatic heterocycles. The number of allylic oxidation sites excluding steroid dienone is 2. The fourth-order valence-electron chi connectivity index (χ4n) is 0.386. The van der Waals surface area contributed by atoms with Gasteiger partial charge in [-0.05, 0) is 13.8 Å². The van der Waals surface area contributed by atoms with Gasteiger partial charge < -0.3 is 10.1 Å². The molecular weight excluding hydrogens is 130 g/mol. The summed E-state index contributed by atoms with van der Waals surface area (Å²) in [4.78, 5) is 10.5. The van der Waals surface area contributed by atoms with Crippen molar-refractivity contribution in [2.24, 2.45) is 0 Å². The number of rotatable bonds is 3. The van der Waals surface area contributed by atoms with E-state index in [9.17, 15) is 4.79 Å². The Labute approximate surface area is 61.1 Å². The third-order valence-electron chi connectivity index (χ3n) is 1.17. The average molecular weight is 143 g/mol. The van der Waals surface area contributed by atoms with Crippen molar-refractivity contribution in [3.63, 3.8) is 0 Å². The molecule has 0 aliphatic carbocycles. The second-order valence-corrected chi connectivity index (χ2v) is 1.90. The van der Waals surface area contributed by atoms with E-state index in [1.807, 2.05) is 19.9 Å². The molecule has 58 valence electrons. The fraction of sp³-hybridized carbons (Fsp3) is 0.571. The molecule has 0 atom stereocenters. The maximum absolute atomic E-state index is 10.5. The maximum Gasteiger partial charge on any atom is 0.325 e. The van der Waals surface area contributed by atoms with Crippen LogP contribution in [0.3, 0.4) is 0 Å². The van der Waals surface area contributed by atoms with Gasteiger partial charge in [0.15, 0.2) is 0 Å². The normalized spacial score (nSPS) is 10.9. The van der Waals surface area contributed by atoms with E-state index < -0.39 is 0 Å². The molecule has 0 unspecified atom stereocenters. The van der Waals surface area contributed by atoms with E-state index in [4.69, 9.17) is 0 Å². The molecule has 3 nitrogen and oxygen atoms in total. The topological polar surface area (TPSA) is 38.3 Å². The van der Waals surface area contributed by atoms with E-state index in [-0.39, 0.29) is 12.5 Å². The Bertz CT molecular complexity index is 141. The van der Waals surface area contributed by atoms with Crippen molar-refractivity contribution in [1.82, 2.24) is 5.32 Å². The van der Waals surface area contributed by atoms with E-state index in [0.29, 0.717) is 0 Å². The van der Waals surface area contributed by atoms with Crippen LogP contribution in [0.4, 0.5) is 0 Å². The number of methoxy groups -OCH3 is 1. The second-order valence-electron chi connectivity index (χ2n) is 1.90. The quantitative estimate of drug-likeness (QED) is 0.590. The number of hydrogen-bond acceptors (Lipinski definition) is 3. The van der Waals surface area contributed by atoms with Crippen LogP contribution in [0.15, 0.2) is 11.8 Å². The van der Waals surface area contributed by atoms with Crippen molar-refractivity contribution < 1.29 is 9.53 Å². The van der Waals surface area contributed by atoms with Crippen LogP contribution in [0, 0.1) is 0 Å². The Balaban J connectivity index is 3.45. The van der Waals surface area contributed by atoms with Crippen LogP contribution in [0.2, 0.25) is 0 Å². The van der Waals surface area contributed by atoms with Crippen molar-refractivity contribution in [1.29, 1.82) is 0 Å². The summed E-state index contributed by atoms with van der Waals surface area (Å²) in [6, 6.07) is 0. The van der Waals surface area contributed by atoms with Crippen molar-refractivity contribution in [3.05, 3.63) is 11.8 Å². The van der Waals surface area contributed by atoms with Gasteiger partial charge in [-0.15, -0.1) is 0 Å². The number of carbonyl (C=O) groups excluding carboxylic acids is 1. The molecule has 0 aromatic carbocycles. The summed E-state index contributed by atoms with van der Waals surface area (Å²) in [7, 11) is 1.37. The second kappa shape index (κ2) is 4.85. The summed E-state index contributed by atoms with van der Waals surface area (Å²) in [5.41, 5.74) is 0.977. The van der Waals surface area contributed by atoms with Crippen molar-refractivity contribution in [3.8, 4) is 0 Å². The highest BCUT2D eigenvalue weighted by Crippen LogP contribution is 1.83. The largest absolute Gasteiger partial charge is 0.468 e. The van der Waals surface area contributed by atoms with Gasteiger partial charge in [0, 0.05) is 5.70 Å². The number of carbonyl (C=O) groups is 1. The molecule has 10 heavy (non-hydrogen) atoms. The van der Waals surface area contributed by atoms with Gasteiger partial charge in [0.05, 0.1) is 7.11 Å². The van der Waals surface area contributed by atoms with Crippen LogP contribution in [0.1, 0.15) is 13.8 Å². The number of hydrogen-bond donors (Lipinski definition) is 1. The first-order chi connectivity index (χ1) is 4.70. The smallest absolute Gasteiger partial charge is 0.325 e. The van der Waals surface area contributed by atoms with Crippen molar-refractivity contribution in [2.75, 3.05) is 13.7 Å². The van der Waals surface area contributed by atoms with Crippen molar-refractivity contribution >= 4 is 5.97 Å². The van der Waals surface area contributed by atoms with Gasteiger partial charge in [-0.3, -0.25) is 4.79 Å². The summed E-state index contributed by atoms with van der Waals surface area (Å²) >= 11 is 0. The molecular formula is C7H13NO2. The number of nitrogens with one attached hydrogen (secondary N) is 1. The first-order valence-electron chi connectivity index (χ1n) is 3.14. The van der Waals surface area contributed by atoms with Gasteiger partial charge in [0.1, 0.15) is 6.54 Å². The molecule has 0 saturated carbocycles. The third kappa shape index (κ3) is 3.95. The summed E-state index contributed by atoms with van der Waals surface area (Å²) in [6.45, 7) is 4.04. The maximum atomic E-state index is 10.5. The zero-order chi connectivity index (χ0) is 7.98. The van der Waals surface area contributed by atoms with Crippen LogP contribution >= 0.6 is 0 Å². The van der Waals surface area contributed by atoms with Gasteiger partial charge >= 0.3 is 5.97 Å². The Morgan fingerprint density at radius 2 is 2.30 bits per heavy atom. The highest BCUT2D eigenvalue weighted by atomic mass is 16.5. The molecule has 0 spiro atoms. The first kappa shape index (κ1) is 9.01. The molecule has 0 fully saturated rings. The van der Waals surface area contributed by atoms with E-state index in [0.717, 1.165) is 5.70 Å². The molecule has 0 aliphatic rings. The molecule has 3 heteroatoms. The molecule has 0 bridgehead atoms. The van der Waals surface area contributed by atoms with Crippen LogP contribution in [0.25, 0.3) is 0 Å². The minimum absolute atomic E-state index is 0.243. The van der Waals surface area contributed by atoms with Crippen molar-refractivity contribution in [2.45, 2.75) is 13.8 Å². The van der Waals surface area contributed by atoms with Crippen LogP contribution in [-0.4, -0.2) is 19.6 Å². The lowest BCUT2D eigenvalue weighted by atomic mass is 10.4. The molecule has 0 aromatic rings. The van der Waals surface area contributed by atoms with Crippen LogP contribution in [-0.2, 0) is 9.53 Å². The summed E-state index contributed by atoms with van der Waals surface area (Å²) in [6.07, 6.45) is 1.89. The van der Waals surface area contributed by atoms with Crippen LogP contribution in [0.5, 0.6) is 0 Å². The van der Waals surface area contributed by atoms with Gasteiger partial charge in [0.25, 0.3) is 0 Å². The zero-order valence-corrected chi connectivity index (χ0v) is 6.60. The molecule has 0 rings (SSSR count). The highest BCUT2D eigenvalue weighted by molar-refractivity contribution is 5.71.